The molecule has 1 fully saturated rings. The lowest BCUT2D eigenvalue weighted by Crippen LogP contribution is -1.90. The predicted molar refractivity (Wildman–Crippen MR) is 50.0 cm³/mol. The Morgan fingerprint density at radius 2 is 1.75 bits per heavy atom. The van der Waals surface area contributed by atoms with Crippen molar-refractivity contribution in [1.82, 2.24) is 0 Å². The van der Waals surface area contributed by atoms with Crippen molar-refractivity contribution in [3.05, 3.63) is 48.1 Å². The van der Waals surface area contributed by atoms with Crippen molar-refractivity contribution in [3.8, 4) is 0 Å². The number of allylic oxidation sites excluding steroid dienone is 6. The molecule has 1 aliphatic heterocycles. The van der Waals surface area contributed by atoms with E-state index < -0.39 is 0 Å². The summed E-state index contributed by atoms with van der Waals surface area (Å²) in [5, 5.41) is 0. The minimum Gasteiger partial charge on any atom is -0.347 e. The zero-order valence-corrected chi connectivity index (χ0v) is 7.24. The Bertz CT molecular complexity index is 286. The maximum Gasteiger partial charge on any atom is 0.162 e. The van der Waals surface area contributed by atoms with Gasteiger partial charge < -0.3 is 4.74 Å². The molecular weight excluding hydrogens is 172 g/mol. The molecule has 0 bridgehead atoms. The minimum absolute atomic E-state index is 0.0964. The molecule has 0 aromatic carbocycles. The van der Waals surface area contributed by atoms with Gasteiger partial charge in [0.25, 0.3) is 0 Å². The summed E-state index contributed by atoms with van der Waals surface area (Å²) in [6.07, 6.45) is 14.1. The van der Waals surface area contributed by atoms with E-state index in [0.717, 1.165) is 5.57 Å². The molecule has 1 saturated heterocycles. The molecule has 12 heavy (non-hydrogen) atoms. The molecule has 0 saturated carbocycles. The Labute approximate surface area is 76.7 Å². The topological polar surface area (TPSA) is 12.5 Å². The second-order valence-electron chi connectivity index (χ2n) is 2.70. The highest BCUT2D eigenvalue weighted by molar-refractivity contribution is 6.21. The van der Waals surface area contributed by atoms with E-state index in [9.17, 15) is 0 Å². The average molecular weight is 181 g/mol. The highest BCUT2D eigenvalue weighted by Gasteiger charge is 2.38. The number of rotatable bonds is 1. The van der Waals surface area contributed by atoms with Crippen LogP contribution in [0.3, 0.4) is 0 Å². The Balaban J connectivity index is 2.13. The fraction of sp³-hybridized carbons (Fsp3) is 0.200. The second kappa shape index (κ2) is 3.30. The standard InChI is InChI=1S/C10H9ClO/c11-10-9(12-10)8-6-4-2-1-3-5-7-8/h1-7,9-10H/b2-1-,3-1?,4-2?,5-3-,6-4-,7-5?,8-6?,8-7+. The van der Waals surface area contributed by atoms with Gasteiger partial charge in [-0.15, -0.1) is 0 Å². The van der Waals surface area contributed by atoms with Crippen LogP contribution in [0.15, 0.2) is 48.1 Å². The lowest BCUT2D eigenvalue weighted by atomic mass is 10.1. The van der Waals surface area contributed by atoms with Gasteiger partial charge >= 0.3 is 0 Å². The van der Waals surface area contributed by atoms with Crippen LogP contribution in [-0.2, 0) is 4.74 Å². The van der Waals surface area contributed by atoms with Crippen molar-refractivity contribution < 1.29 is 4.74 Å². The second-order valence-corrected chi connectivity index (χ2v) is 3.13. The summed E-state index contributed by atoms with van der Waals surface area (Å²) in [7, 11) is 0. The van der Waals surface area contributed by atoms with Crippen molar-refractivity contribution in [2.45, 2.75) is 11.7 Å². The molecule has 0 N–H and O–H groups in total. The van der Waals surface area contributed by atoms with E-state index in [1.54, 1.807) is 0 Å². The molecule has 0 spiro atoms. The smallest absolute Gasteiger partial charge is 0.162 e. The summed E-state index contributed by atoms with van der Waals surface area (Å²) >= 11 is 5.74. The van der Waals surface area contributed by atoms with Gasteiger partial charge in [0, 0.05) is 0 Å². The fourth-order valence-corrected chi connectivity index (χ4v) is 1.35. The molecule has 2 unspecified atom stereocenters. The number of halogens is 1. The van der Waals surface area contributed by atoms with Gasteiger partial charge in [-0.3, -0.25) is 0 Å². The van der Waals surface area contributed by atoms with Gasteiger partial charge in [-0.05, 0) is 5.57 Å². The predicted octanol–water partition coefficient (Wildman–Crippen LogP) is 2.56. The summed E-state index contributed by atoms with van der Waals surface area (Å²) in [6, 6.07) is 0. The minimum atomic E-state index is -0.127. The first-order valence-electron chi connectivity index (χ1n) is 3.89. The zero-order chi connectivity index (χ0) is 8.39. The SMILES string of the molecule is ClC1OC1C1=C/C=C\C=C/C=C\1. The summed E-state index contributed by atoms with van der Waals surface area (Å²) in [4.78, 5) is 0. The normalized spacial score (nSPS) is 44.9. The largest absolute Gasteiger partial charge is 0.347 e. The maximum atomic E-state index is 5.74. The Morgan fingerprint density at radius 1 is 1.08 bits per heavy atom. The molecule has 0 radical (unpaired) electrons. The number of ether oxygens (including phenoxy) is 1. The van der Waals surface area contributed by atoms with Crippen LogP contribution in [0.5, 0.6) is 0 Å². The molecule has 0 amide bonds. The van der Waals surface area contributed by atoms with E-state index in [-0.39, 0.29) is 11.7 Å². The Hall–Kier alpha value is -0.790. The summed E-state index contributed by atoms with van der Waals surface area (Å²) < 4.78 is 5.14. The van der Waals surface area contributed by atoms with Gasteiger partial charge in [-0.25, -0.2) is 0 Å². The van der Waals surface area contributed by atoms with Crippen LogP contribution in [0.4, 0.5) is 0 Å². The molecular formula is C10H9ClO. The van der Waals surface area contributed by atoms with E-state index in [4.69, 9.17) is 16.3 Å². The number of epoxide rings is 1. The van der Waals surface area contributed by atoms with E-state index in [1.807, 2.05) is 42.5 Å². The lowest BCUT2D eigenvalue weighted by molar-refractivity contribution is 0.421. The third-order valence-corrected chi connectivity index (χ3v) is 2.12. The molecule has 1 aliphatic carbocycles. The van der Waals surface area contributed by atoms with E-state index in [2.05, 4.69) is 0 Å². The van der Waals surface area contributed by atoms with Crippen LogP contribution in [0.1, 0.15) is 0 Å². The fourth-order valence-electron chi connectivity index (χ4n) is 1.10. The van der Waals surface area contributed by atoms with Crippen LogP contribution in [-0.4, -0.2) is 11.7 Å². The van der Waals surface area contributed by atoms with Crippen LogP contribution in [0.25, 0.3) is 0 Å². The van der Waals surface area contributed by atoms with Crippen LogP contribution in [0, 0.1) is 0 Å². The Kier molecular flexibility index (Phi) is 2.15. The van der Waals surface area contributed by atoms with Crippen molar-refractivity contribution in [3.63, 3.8) is 0 Å². The monoisotopic (exact) mass is 180 g/mol. The number of alkyl halides is 1. The highest BCUT2D eigenvalue weighted by atomic mass is 35.5. The molecule has 2 rings (SSSR count). The summed E-state index contributed by atoms with van der Waals surface area (Å²) in [6.45, 7) is 0. The van der Waals surface area contributed by atoms with Gasteiger partial charge in [0.1, 0.15) is 6.10 Å². The van der Waals surface area contributed by atoms with Gasteiger partial charge in [0.05, 0.1) is 0 Å². The molecule has 2 heteroatoms. The lowest BCUT2D eigenvalue weighted by Gasteiger charge is -1.94. The van der Waals surface area contributed by atoms with Crippen LogP contribution < -0.4 is 0 Å². The van der Waals surface area contributed by atoms with Gasteiger partial charge in [0.2, 0.25) is 0 Å². The first kappa shape index (κ1) is 7.84. The van der Waals surface area contributed by atoms with Crippen molar-refractivity contribution >= 4 is 11.6 Å². The number of hydrogen-bond acceptors (Lipinski definition) is 1. The van der Waals surface area contributed by atoms with Gasteiger partial charge in [-0.2, -0.15) is 0 Å². The van der Waals surface area contributed by atoms with Gasteiger partial charge in [-0.1, -0.05) is 54.1 Å². The van der Waals surface area contributed by atoms with Crippen LogP contribution >= 0.6 is 11.6 Å². The van der Waals surface area contributed by atoms with E-state index in [1.165, 1.54) is 0 Å². The molecule has 2 atom stereocenters. The Morgan fingerprint density at radius 3 is 2.50 bits per heavy atom. The quantitative estimate of drug-likeness (QED) is 0.446. The van der Waals surface area contributed by atoms with Crippen LogP contribution in [0.2, 0.25) is 0 Å². The first-order valence-corrected chi connectivity index (χ1v) is 4.33. The van der Waals surface area contributed by atoms with E-state index >= 15 is 0 Å². The van der Waals surface area contributed by atoms with Crippen molar-refractivity contribution in [2.24, 2.45) is 0 Å². The molecule has 62 valence electrons. The maximum absolute atomic E-state index is 5.74. The zero-order valence-electron chi connectivity index (χ0n) is 6.48. The summed E-state index contributed by atoms with van der Waals surface area (Å²) in [5.41, 5.74) is 1.01. The van der Waals surface area contributed by atoms with Crippen molar-refractivity contribution in [2.75, 3.05) is 0 Å². The van der Waals surface area contributed by atoms with Gasteiger partial charge in [0.15, 0.2) is 5.56 Å². The molecule has 1 nitrogen and oxygen atoms in total. The molecule has 0 aromatic rings. The van der Waals surface area contributed by atoms with Crippen molar-refractivity contribution in [1.29, 1.82) is 0 Å². The van der Waals surface area contributed by atoms with E-state index in [0.29, 0.717) is 0 Å². The highest BCUT2D eigenvalue weighted by Crippen LogP contribution is 2.33. The molecule has 1 heterocycles. The molecule has 0 aromatic heterocycles. The average Bonchev–Trinajstić information content (AvgIpc) is 2.65. The molecule has 2 aliphatic rings. The first-order chi connectivity index (χ1) is 5.88. The third kappa shape index (κ3) is 1.68. The number of hydrogen-bond donors (Lipinski definition) is 0. The third-order valence-electron chi connectivity index (χ3n) is 1.79. The summed E-state index contributed by atoms with van der Waals surface area (Å²) in [5.74, 6) is 0.